The van der Waals surface area contributed by atoms with Crippen LogP contribution in [-0.4, -0.2) is 40.6 Å². The number of nitrogens with zero attached hydrogens (tertiary/aromatic N) is 2. The third-order valence-corrected chi connectivity index (χ3v) is 7.43. The van der Waals surface area contributed by atoms with Crippen molar-refractivity contribution in [2.24, 2.45) is 5.92 Å². The van der Waals surface area contributed by atoms with Crippen LogP contribution in [-0.2, 0) is 16.0 Å². The predicted octanol–water partition coefficient (Wildman–Crippen LogP) is 5.07. The molecule has 0 aromatic heterocycles. The number of carbonyl (C=O) groups excluding carboxylic acids is 2. The number of likely N-dealkylation sites (tertiary alicyclic amines) is 1. The fourth-order valence-electron chi connectivity index (χ4n) is 5.89. The van der Waals surface area contributed by atoms with E-state index in [1.165, 1.54) is 37.7 Å². The van der Waals surface area contributed by atoms with Crippen molar-refractivity contribution in [3.05, 3.63) is 35.4 Å². The van der Waals surface area contributed by atoms with Gasteiger partial charge in [0.2, 0.25) is 5.91 Å². The van der Waals surface area contributed by atoms with Crippen molar-refractivity contribution in [2.45, 2.75) is 108 Å². The number of piperidine rings is 1. The molecule has 0 unspecified atom stereocenters. The third kappa shape index (κ3) is 5.51. The maximum absolute atomic E-state index is 13.2. The lowest BCUT2D eigenvalue weighted by Crippen LogP contribution is -2.55. The number of rotatable bonds is 5. The highest BCUT2D eigenvalue weighted by Gasteiger charge is 2.52. The second-order valence-corrected chi connectivity index (χ2v) is 11.0. The van der Waals surface area contributed by atoms with E-state index in [2.05, 4.69) is 35.7 Å². The molecule has 2 aliphatic carbocycles. The molecule has 6 heteroatoms. The number of fused-ring (bicyclic) bond motifs is 2. The van der Waals surface area contributed by atoms with Gasteiger partial charge in [-0.05, 0) is 75.8 Å². The Balaban J connectivity index is 1.39. The van der Waals surface area contributed by atoms with Crippen LogP contribution in [0.4, 0.5) is 4.79 Å². The van der Waals surface area contributed by atoms with Crippen LogP contribution in [0.1, 0.15) is 89.2 Å². The lowest BCUT2D eigenvalue weighted by Gasteiger charge is -2.35. The molecular weight excluding hydrogens is 414 g/mol. The van der Waals surface area contributed by atoms with Crippen LogP contribution in [0.5, 0.6) is 0 Å². The van der Waals surface area contributed by atoms with E-state index in [-0.39, 0.29) is 17.9 Å². The minimum Gasteiger partial charge on any atom is -0.444 e. The quantitative estimate of drug-likeness (QED) is 0.677. The lowest BCUT2D eigenvalue weighted by atomic mass is 9.84. The molecule has 0 spiro atoms. The number of carbonyl (C=O) groups is 2. The fourth-order valence-corrected chi connectivity index (χ4v) is 5.89. The molecule has 1 aromatic rings. The first-order chi connectivity index (χ1) is 15.7. The highest BCUT2D eigenvalue weighted by atomic mass is 16.6. The van der Waals surface area contributed by atoms with Crippen LogP contribution >= 0.6 is 0 Å². The third-order valence-electron chi connectivity index (χ3n) is 7.43. The topological polar surface area (TPSA) is 82.4 Å². The van der Waals surface area contributed by atoms with Crippen molar-refractivity contribution >= 4 is 12.0 Å². The van der Waals surface area contributed by atoms with Crippen LogP contribution in [0.2, 0.25) is 0 Å². The van der Waals surface area contributed by atoms with Crippen LogP contribution in [0.15, 0.2) is 24.3 Å². The fraction of sp³-hybridized carbons (Fsp3) is 0.667. The molecular formula is C27H37N3O3. The van der Waals surface area contributed by atoms with Gasteiger partial charge in [-0.3, -0.25) is 9.69 Å². The van der Waals surface area contributed by atoms with Crippen molar-refractivity contribution in [2.75, 3.05) is 0 Å². The summed E-state index contributed by atoms with van der Waals surface area (Å²) in [6, 6.07) is 9.65. The molecule has 33 heavy (non-hydrogen) atoms. The molecule has 1 N–H and O–H groups in total. The first kappa shape index (κ1) is 23.6. The largest absolute Gasteiger partial charge is 0.444 e. The van der Waals surface area contributed by atoms with Gasteiger partial charge in [0, 0.05) is 12.5 Å². The Bertz CT molecular complexity index is 893. The molecule has 4 rings (SSSR count). The summed E-state index contributed by atoms with van der Waals surface area (Å²) < 4.78 is 5.58. The molecule has 2 saturated carbocycles. The normalized spacial score (nSPS) is 26.0. The van der Waals surface area contributed by atoms with Crippen molar-refractivity contribution in [1.82, 2.24) is 10.2 Å². The van der Waals surface area contributed by atoms with Gasteiger partial charge in [0.1, 0.15) is 17.7 Å². The second kappa shape index (κ2) is 9.75. The molecule has 3 fully saturated rings. The van der Waals surface area contributed by atoms with Crippen LogP contribution in [0.25, 0.3) is 0 Å². The van der Waals surface area contributed by atoms with Crippen LogP contribution in [0.3, 0.4) is 0 Å². The van der Waals surface area contributed by atoms with E-state index in [1.807, 2.05) is 20.8 Å². The molecule has 2 bridgehead atoms. The van der Waals surface area contributed by atoms with E-state index in [0.717, 1.165) is 24.8 Å². The summed E-state index contributed by atoms with van der Waals surface area (Å²) in [5.41, 5.74) is 1.81. The van der Waals surface area contributed by atoms with E-state index in [1.54, 1.807) is 4.90 Å². The van der Waals surface area contributed by atoms with E-state index >= 15 is 0 Å². The first-order valence-corrected chi connectivity index (χ1v) is 12.6. The summed E-state index contributed by atoms with van der Waals surface area (Å²) in [7, 11) is 0. The standard InChI is InChI=1S/C27H37N3O3/c1-27(2,3)33-26(32)30-23-14-13-21(16-23)24(30)25(31)29-22(17-28)15-18-9-11-20(12-10-18)19-7-5-4-6-8-19/h9-12,19,21-24H,4-8,13-16H2,1-3H3,(H,29,31)/t21-,22-,23+,24-/m0/s1. The van der Waals surface area contributed by atoms with Gasteiger partial charge in [0.25, 0.3) is 0 Å². The van der Waals surface area contributed by atoms with E-state index in [4.69, 9.17) is 4.74 Å². The van der Waals surface area contributed by atoms with Gasteiger partial charge in [-0.1, -0.05) is 43.5 Å². The molecule has 1 heterocycles. The molecule has 2 amide bonds. The number of nitrogens with one attached hydrogen (secondary N) is 1. The minimum atomic E-state index is -0.627. The summed E-state index contributed by atoms with van der Waals surface area (Å²) in [5.74, 6) is 0.547. The molecule has 178 valence electrons. The molecule has 6 nitrogen and oxygen atoms in total. The molecule has 4 atom stereocenters. The van der Waals surface area contributed by atoms with E-state index < -0.39 is 23.8 Å². The lowest BCUT2D eigenvalue weighted by molar-refractivity contribution is -0.128. The Kier molecular flexibility index (Phi) is 6.97. The van der Waals surface area contributed by atoms with Gasteiger partial charge >= 0.3 is 6.09 Å². The summed E-state index contributed by atoms with van der Waals surface area (Å²) in [6.07, 6.45) is 9.16. The monoisotopic (exact) mass is 451 g/mol. The Hall–Kier alpha value is -2.55. The van der Waals surface area contributed by atoms with Crippen LogP contribution < -0.4 is 5.32 Å². The minimum absolute atomic E-state index is 0.0495. The smallest absolute Gasteiger partial charge is 0.411 e. The Morgan fingerprint density at radius 3 is 2.45 bits per heavy atom. The van der Waals surface area contributed by atoms with Gasteiger partial charge in [0.15, 0.2) is 0 Å². The average Bonchev–Trinajstić information content (AvgIpc) is 3.40. The van der Waals surface area contributed by atoms with Gasteiger partial charge in [0.05, 0.1) is 6.07 Å². The second-order valence-electron chi connectivity index (χ2n) is 11.0. The van der Waals surface area contributed by atoms with E-state index in [9.17, 15) is 14.9 Å². The van der Waals surface area contributed by atoms with Crippen LogP contribution in [0, 0.1) is 17.2 Å². The predicted molar refractivity (Wildman–Crippen MR) is 127 cm³/mol. The van der Waals surface area contributed by atoms with Crippen molar-refractivity contribution < 1.29 is 14.3 Å². The van der Waals surface area contributed by atoms with Crippen molar-refractivity contribution in [1.29, 1.82) is 5.26 Å². The van der Waals surface area contributed by atoms with Crippen molar-refractivity contribution in [3.63, 3.8) is 0 Å². The molecule has 1 aromatic carbocycles. The number of hydrogen-bond acceptors (Lipinski definition) is 4. The zero-order valence-electron chi connectivity index (χ0n) is 20.2. The number of benzene rings is 1. The summed E-state index contributed by atoms with van der Waals surface area (Å²) in [6.45, 7) is 5.50. The number of amides is 2. The SMILES string of the molecule is CC(C)(C)OC(=O)N1[C@@H]2CC[C@@H](C2)[C@H]1C(=O)N[C@H](C#N)Cc1ccc(C2CCCCC2)cc1. The maximum Gasteiger partial charge on any atom is 0.411 e. The van der Waals surface area contributed by atoms with Gasteiger partial charge in [-0.25, -0.2) is 4.79 Å². The first-order valence-electron chi connectivity index (χ1n) is 12.6. The number of nitriles is 1. The molecule has 1 aliphatic heterocycles. The van der Waals surface area contributed by atoms with Gasteiger partial charge in [-0.15, -0.1) is 0 Å². The zero-order valence-corrected chi connectivity index (χ0v) is 20.2. The summed E-state index contributed by atoms with van der Waals surface area (Å²) in [5, 5.41) is 12.6. The maximum atomic E-state index is 13.2. The number of hydrogen-bond donors (Lipinski definition) is 1. The highest BCUT2D eigenvalue weighted by Crippen LogP contribution is 2.43. The number of ether oxygens (including phenoxy) is 1. The van der Waals surface area contributed by atoms with E-state index in [0.29, 0.717) is 12.3 Å². The molecule has 1 saturated heterocycles. The highest BCUT2D eigenvalue weighted by molar-refractivity contribution is 5.87. The summed E-state index contributed by atoms with van der Waals surface area (Å²) in [4.78, 5) is 27.7. The molecule has 0 radical (unpaired) electrons. The Morgan fingerprint density at radius 2 is 1.82 bits per heavy atom. The van der Waals surface area contributed by atoms with Gasteiger partial charge < -0.3 is 10.1 Å². The zero-order chi connectivity index (χ0) is 23.6. The van der Waals surface area contributed by atoms with Gasteiger partial charge in [-0.2, -0.15) is 5.26 Å². The Morgan fingerprint density at radius 1 is 1.12 bits per heavy atom. The average molecular weight is 452 g/mol. The summed E-state index contributed by atoms with van der Waals surface area (Å²) >= 11 is 0. The van der Waals surface area contributed by atoms with Crippen molar-refractivity contribution in [3.8, 4) is 6.07 Å². The molecule has 3 aliphatic rings. The Labute approximate surface area is 197 Å².